The molecule has 35 heavy (non-hydrogen) atoms. The standard InChI is InChI=1S/C27H36N4O4/c1-3-34-24-16-12-22(13-17-24)20-28-30-26(32)10-8-6-5-7-9-11-27(33)31-29-21-23-14-18-25(19-15-23)35-4-2/h12-21H,3-11H2,1-2H3,(H,30,32)(H,31,33)/b28-20+,29-21+. The van der Waals surface area contributed by atoms with Crippen molar-refractivity contribution in [3.05, 3.63) is 59.7 Å². The first kappa shape index (κ1) is 27.6. The Morgan fingerprint density at radius 2 is 1.03 bits per heavy atom. The smallest absolute Gasteiger partial charge is 0.240 e. The third-order valence-corrected chi connectivity index (χ3v) is 5.00. The van der Waals surface area contributed by atoms with Gasteiger partial charge in [-0.05, 0) is 86.3 Å². The summed E-state index contributed by atoms with van der Waals surface area (Å²) in [6, 6.07) is 15.0. The number of carbonyl (C=O) groups is 2. The Labute approximate surface area is 207 Å². The lowest BCUT2D eigenvalue weighted by molar-refractivity contribution is -0.121. The molecule has 2 amide bonds. The maximum atomic E-state index is 11.9. The molecular weight excluding hydrogens is 444 g/mol. The van der Waals surface area contributed by atoms with E-state index in [0.717, 1.165) is 54.7 Å². The van der Waals surface area contributed by atoms with Gasteiger partial charge in [0.25, 0.3) is 0 Å². The number of rotatable bonds is 16. The van der Waals surface area contributed by atoms with E-state index in [-0.39, 0.29) is 11.8 Å². The molecule has 0 unspecified atom stereocenters. The molecule has 2 aromatic rings. The minimum atomic E-state index is -0.100. The molecule has 0 aliphatic rings. The van der Waals surface area contributed by atoms with Crippen LogP contribution in [0.3, 0.4) is 0 Å². The summed E-state index contributed by atoms with van der Waals surface area (Å²) in [5.74, 6) is 1.42. The number of nitrogens with one attached hydrogen (secondary N) is 2. The zero-order chi connectivity index (χ0) is 25.1. The molecule has 0 atom stereocenters. The molecule has 0 aromatic heterocycles. The quantitative estimate of drug-likeness (QED) is 0.204. The highest BCUT2D eigenvalue weighted by Gasteiger charge is 2.02. The van der Waals surface area contributed by atoms with Crippen molar-refractivity contribution in [2.75, 3.05) is 13.2 Å². The summed E-state index contributed by atoms with van der Waals surface area (Å²) < 4.78 is 10.8. The second-order valence-corrected chi connectivity index (χ2v) is 7.86. The van der Waals surface area contributed by atoms with Gasteiger partial charge in [-0.2, -0.15) is 10.2 Å². The largest absolute Gasteiger partial charge is 0.494 e. The highest BCUT2D eigenvalue weighted by Crippen LogP contribution is 2.12. The number of benzene rings is 2. The lowest BCUT2D eigenvalue weighted by Crippen LogP contribution is -2.17. The van der Waals surface area contributed by atoms with Gasteiger partial charge in [0.1, 0.15) is 11.5 Å². The van der Waals surface area contributed by atoms with Crippen LogP contribution in [0.2, 0.25) is 0 Å². The van der Waals surface area contributed by atoms with E-state index in [4.69, 9.17) is 9.47 Å². The number of ether oxygens (including phenoxy) is 2. The highest BCUT2D eigenvalue weighted by molar-refractivity contribution is 5.83. The van der Waals surface area contributed by atoms with E-state index >= 15 is 0 Å². The van der Waals surface area contributed by atoms with Crippen LogP contribution in [0.15, 0.2) is 58.7 Å². The second kappa shape index (κ2) is 16.9. The molecule has 2 rings (SSSR count). The Balaban J connectivity index is 1.48. The number of hydrogen-bond donors (Lipinski definition) is 2. The zero-order valence-electron chi connectivity index (χ0n) is 20.7. The van der Waals surface area contributed by atoms with Crippen molar-refractivity contribution >= 4 is 24.2 Å². The van der Waals surface area contributed by atoms with Gasteiger partial charge < -0.3 is 9.47 Å². The molecule has 0 aliphatic carbocycles. The van der Waals surface area contributed by atoms with Gasteiger partial charge in [-0.25, -0.2) is 10.9 Å². The summed E-state index contributed by atoms with van der Waals surface area (Å²) in [4.78, 5) is 23.8. The molecule has 0 saturated heterocycles. The molecule has 0 spiro atoms. The number of carbonyl (C=O) groups excluding carboxylic acids is 2. The molecule has 0 heterocycles. The van der Waals surface area contributed by atoms with Crippen LogP contribution in [0.25, 0.3) is 0 Å². The van der Waals surface area contributed by atoms with Crippen molar-refractivity contribution in [2.45, 2.75) is 58.8 Å². The van der Waals surface area contributed by atoms with Crippen molar-refractivity contribution in [1.82, 2.24) is 10.9 Å². The molecule has 0 radical (unpaired) electrons. The summed E-state index contributed by atoms with van der Waals surface area (Å²) in [7, 11) is 0. The number of amides is 2. The van der Waals surface area contributed by atoms with Crippen LogP contribution in [0.5, 0.6) is 11.5 Å². The van der Waals surface area contributed by atoms with Crippen LogP contribution in [-0.2, 0) is 9.59 Å². The van der Waals surface area contributed by atoms with Crippen LogP contribution in [0, 0.1) is 0 Å². The van der Waals surface area contributed by atoms with E-state index in [1.165, 1.54) is 0 Å². The molecule has 0 aliphatic heterocycles. The van der Waals surface area contributed by atoms with Crippen molar-refractivity contribution in [2.24, 2.45) is 10.2 Å². The van der Waals surface area contributed by atoms with Crippen LogP contribution in [0.4, 0.5) is 0 Å². The van der Waals surface area contributed by atoms with Gasteiger partial charge in [0, 0.05) is 12.8 Å². The molecule has 8 heteroatoms. The fourth-order valence-electron chi connectivity index (χ4n) is 3.20. The summed E-state index contributed by atoms with van der Waals surface area (Å²) in [5.41, 5.74) is 6.89. The van der Waals surface area contributed by atoms with E-state index in [9.17, 15) is 9.59 Å². The lowest BCUT2D eigenvalue weighted by Gasteiger charge is -2.03. The minimum absolute atomic E-state index is 0.100. The van der Waals surface area contributed by atoms with Crippen molar-refractivity contribution < 1.29 is 19.1 Å². The van der Waals surface area contributed by atoms with E-state index in [0.29, 0.717) is 26.1 Å². The number of hydrazone groups is 2. The molecule has 2 N–H and O–H groups in total. The summed E-state index contributed by atoms with van der Waals surface area (Å²) in [6.45, 7) is 5.13. The Morgan fingerprint density at radius 3 is 1.40 bits per heavy atom. The lowest BCUT2D eigenvalue weighted by atomic mass is 10.1. The summed E-state index contributed by atoms with van der Waals surface area (Å²) in [5, 5.41) is 7.99. The minimum Gasteiger partial charge on any atom is -0.494 e. The zero-order valence-corrected chi connectivity index (χ0v) is 20.7. The van der Waals surface area contributed by atoms with Gasteiger partial charge >= 0.3 is 0 Å². The normalized spacial score (nSPS) is 11.0. The van der Waals surface area contributed by atoms with Crippen molar-refractivity contribution in [1.29, 1.82) is 0 Å². The van der Waals surface area contributed by atoms with Gasteiger partial charge in [-0.1, -0.05) is 19.3 Å². The second-order valence-electron chi connectivity index (χ2n) is 7.86. The first-order chi connectivity index (χ1) is 17.1. The maximum Gasteiger partial charge on any atom is 0.240 e. The van der Waals surface area contributed by atoms with Crippen LogP contribution >= 0.6 is 0 Å². The Kier molecular flexibility index (Phi) is 13.3. The van der Waals surface area contributed by atoms with E-state index < -0.39 is 0 Å². The summed E-state index contributed by atoms with van der Waals surface area (Å²) in [6.07, 6.45) is 8.53. The van der Waals surface area contributed by atoms with Gasteiger partial charge in [0.05, 0.1) is 25.6 Å². The van der Waals surface area contributed by atoms with E-state index in [2.05, 4.69) is 21.1 Å². The molecule has 0 saturated carbocycles. The van der Waals surface area contributed by atoms with Gasteiger partial charge in [-0.15, -0.1) is 0 Å². The number of hydrogen-bond acceptors (Lipinski definition) is 6. The SMILES string of the molecule is CCOc1ccc(/C=N/NC(=O)CCCCCCCC(=O)N/N=C/c2ccc(OCC)cc2)cc1. The first-order valence-corrected chi connectivity index (χ1v) is 12.2. The molecule has 188 valence electrons. The Morgan fingerprint density at radius 1 is 0.657 bits per heavy atom. The number of unbranched alkanes of at least 4 members (excludes halogenated alkanes) is 4. The van der Waals surface area contributed by atoms with E-state index in [1.54, 1.807) is 12.4 Å². The number of nitrogens with zero attached hydrogens (tertiary/aromatic N) is 2. The topological polar surface area (TPSA) is 101 Å². The van der Waals surface area contributed by atoms with Gasteiger partial charge in [0.15, 0.2) is 0 Å². The Bertz CT molecular complexity index is 863. The molecule has 0 fully saturated rings. The van der Waals surface area contributed by atoms with E-state index in [1.807, 2.05) is 62.4 Å². The van der Waals surface area contributed by atoms with Gasteiger partial charge in [0.2, 0.25) is 11.8 Å². The fourth-order valence-corrected chi connectivity index (χ4v) is 3.20. The Hall–Kier alpha value is -3.68. The average molecular weight is 481 g/mol. The molecular formula is C27H36N4O4. The monoisotopic (exact) mass is 480 g/mol. The van der Waals surface area contributed by atoms with Gasteiger partial charge in [-0.3, -0.25) is 9.59 Å². The third kappa shape index (κ3) is 12.4. The van der Waals surface area contributed by atoms with Crippen LogP contribution < -0.4 is 20.3 Å². The predicted octanol–water partition coefficient (Wildman–Crippen LogP) is 4.82. The van der Waals surface area contributed by atoms with Crippen LogP contribution in [-0.4, -0.2) is 37.5 Å². The average Bonchev–Trinajstić information content (AvgIpc) is 2.86. The van der Waals surface area contributed by atoms with Crippen molar-refractivity contribution in [3.8, 4) is 11.5 Å². The first-order valence-electron chi connectivity index (χ1n) is 12.2. The fraction of sp³-hybridized carbons (Fsp3) is 0.407. The molecule has 2 aromatic carbocycles. The van der Waals surface area contributed by atoms with Crippen molar-refractivity contribution in [3.63, 3.8) is 0 Å². The molecule has 0 bridgehead atoms. The molecule has 8 nitrogen and oxygen atoms in total. The predicted molar refractivity (Wildman–Crippen MR) is 139 cm³/mol. The summed E-state index contributed by atoms with van der Waals surface area (Å²) >= 11 is 0. The third-order valence-electron chi connectivity index (χ3n) is 5.00. The van der Waals surface area contributed by atoms with Crippen LogP contribution in [0.1, 0.15) is 69.9 Å². The maximum absolute atomic E-state index is 11.9. The highest BCUT2D eigenvalue weighted by atomic mass is 16.5.